The van der Waals surface area contributed by atoms with Crippen LogP contribution < -0.4 is 5.73 Å². The van der Waals surface area contributed by atoms with Gasteiger partial charge in [-0.2, -0.15) is 0 Å². The molecule has 0 amide bonds. The van der Waals surface area contributed by atoms with Gasteiger partial charge in [-0.25, -0.2) is 0 Å². The highest BCUT2D eigenvalue weighted by molar-refractivity contribution is 6.15. The van der Waals surface area contributed by atoms with Gasteiger partial charge in [-0.1, -0.05) is 12.7 Å². The molecule has 0 aromatic rings. The first-order valence-corrected chi connectivity index (χ1v) is 1.92. The van der Waals surface area contributed by atoms with Crippen LogP contribution in [0, 0.1) is 0 Å². The van der Waals surface area contributed by atoms with Crippen LogP contribution in [0.1, 0.15) is 0 Å². The summed E-state index contributed by atoms with van der Waals surface area (Å²) in [5, 5.41) is 8.02. The second kappa shape index (κ2) is 3.86. The molecule has 0 rings (SSSR count). The Morgan fingerprint density at radius 2 is 2.57 bits per heavy atom. The van der Waals surface area contributed by atoms with E-state index in [0.717, 1.165) is 0 Å². The SMILES string of the molecule is C=CC(N)OBO. The summed E-state index contributed by atoms with van der Waals surface area (Å²) in [6.45, 7) is 3.32. The fraction of sp³-hybridized carbons (Fsp3) is 0.333. The lowest BCUT2D eigenvalue weighted by atomic mass is 10.4. The van der Waals surface area contributed by atoms with Crippen molar-refractivity contribution in [2.45, 2.75) is 6.23 Å². The monoisotopic (exact) mass is 101 g/mol. The van der Waals surface area contributed by atoms with E-state index in [1.54, 1.807) is 0 Å². The van der Waals surface area contributed by atoms with Gasteiger partial charge in [0.2, 0.25) is 0 Å². The molecule has 0 saturated heterocycles. The molecule has 7 heavy (non-hydrogen) atoms. The van der Waals surface area contributed by atoms with Crippen LogP contribution in [0.15, 0.2) is 12.7 Å². The first-order chi connectivity index (χ1) is 3.31. The maximum Gasteiger partial charge on any atom is 0.436 e. The van der Waals surface area contributed by atoms with E-state index in [4.69, 9.17) is 10.8 Å². The molecule has 0 aliphatic heterocycles. The summed E-state index contributed by atoms with van der Waals surface area (Å²) >= 11 is 0. The molecule has 0 spiro atoms. The van der Waals surface area contributed by atoms with Gasteiger partial charge in [0.05, 0.1) is 0 Å². The third kappa shape index (κ3) is 3.52. The third-order valence-electron chi connectivity index (χ3n) is 0.499. The number of rotatable bonds is 3. The number of nitrogens with two attached hydrogens (primary N) is 1. The van der Waals surface area contributed by atoms with Crippen molar-refractivity contribution in [2.75, 3.05) is 0 Å². The second-order valence-electron chi connectivity index (χ2n) is 0.996. The second-order valence-corrected chi connectivity index (χ2v) is 0.996. The Kier molecular flexibility index (Phi) is 3.69. The molecule has 0 heterocycles. The topological polar surface area (TPSA) is 55.5 Å². The Labute approximate surface area is 43.1 Å². The fourth-order valence-electron chi connectivity index (χ4n) is 0.154. The average Bonchev–Trinajstić information content (AvgIpc) is 1.68. The Morgan fingerprint density at radius 3 is 2.71 bits per heavy atom. The fourth-order valence-corrected chi connectivity index (χ4v) is 0.154. The van der Waals surface area contributed by atoms with E-state index in [1.807, 2.05) is 0 Å². The van der Waals surface area contributed by atoms with Crippen molar-refractivity contribution in [3.05, 3.63) is 12.7 Å². The van der Waals surface area contributed by atoms with Crippen molar-refractivity contribution >= 4 is 7.69 Å². The lowest BCUT2D eigenvalue weighted by molar-refractivity contribution is 0.233. The molecular weight excluding hydrogens is 92.8 g/mol. The molecule has 0 radical (unpaired) electrons. The van der Waals surface area contributed by atoms with Gasteiger partial charge in [0.25, 0.3) is 0 Å². The molecule has 0 aliphatic rings. The standard InChI is InChI=1S/C3H8BNO2/c1-2-3(5)7-4-6/h2-4,6H,1,5H2. The van der Waals surface area contributed by atoms with Crippen LogP contribution in [0.2, 0.25) is 0 Å². The largest absolute Gasteiger partial charge is 0.436 e. The summed E-state index contributed by atoms with van der Waals surface area (Å²) in [6, 6.07) is 0. The van der Waals surface area contributed by atoms with Gasteiger partial charge in [-0.15, -0.1) is 0 Å². The van der Waals surface area contributed by atoms with Crippen LogP contribution in [0.4, 0.5) is 0 Å². The number of hydrogen-bond acceptors (Lipinski definition) is 3. The van der Waals surface area contributed by atoms with E-state index < -0.39 is 6.23 Å². The summed E-state index contributed by atoms with van der Waals surface area (Å²) in [7, 11) is -0.354. The van der Waals surface area contributed by atoms with Crippen LogP contribution in [0.25, 0.3) is 0 Å². The Hall–Kier alpha value is -0.315. The number of hydrogen-bond donors (Lipinski definition) is 2. The Morgan fingerprint density at radius 1 is 2.00 bits per heavy atom. The molecule has 40 valence electrons. The first kappa shape index (κ1) is 6.68. The van der Waals surface area contributed by atoms with E-state index >= 15 is 0 Å². The van der Waals surface area contributed by atoms with Crippen LogP contribution in [0.3, 0.4) is 0 Å². The van der Waals surface area contributed by atoms with E-state index in [9.17, 15) is 0 Å². The molecule has 0 aromatic heterocycles. The van der Waals surface area contributed by atoms with Gasteiger partial charge in [0.15, 0.2) is 0 Å². The van der Waals surface area contributed by atoms with Gasteiger partial charge in [0, 0.05) is 0 Å². The van der Waals surface area contributed by atoms with Gasteiger partial charge in [-0.05, 0) is 0 Å². The van der Waals surface area contributed by atoms with Crippen LogP contribution in [0.5, 0.6) is 0 Å². The minimum Gasteiger partial charge on any atom is -0.430 e. The van der Waals surface area contributed by atoms with Gasteiger partial charge in [0.1, 0.15) is 6.23 Å². The van der Waals surface area contributed by atoms with Crippen molar-refractivity contribution < 1.29 is 9.68 Å². The minimum absolute atomic E-state index is 0.354. The quantitative estimate of drug-likeness (QED) is 0.265. The molecule has 4 heteroatoms. The van der Waals surface area contributed by atoms with E-state index in [2.05, 4.69) is 11.2 Å². The van der Waals surface area contributed by atoms with Crippen molar-refractivity contribution in [1.82, 2.24) is 0 Å². The van der Waals surface area contributed by atoms with Crippen LogP contribution >= 0.6 is 0 Å². The molecular formula is C3H8BNO2. The van der Waals surface area contributed by atoms with E-state index in [0.29, 0.717) is 0 Å². The summed E-state index contributed by atoms with van der Waals surface area (Å²) in [6.07, 6.45) is 0.862. The maximum absolute atomic E-state index is 8.02. The Balaban J connectivity index is 2.98. The highest BCUT2D eigenvalue weighted by Gasteiger charge is 1.90. The summed E-state index contributed by atoms with van der Waals surface area (Å²) < 4.78 is 4.41. The molecule has 0 bridgehead atoms. The zero-order chi connectivity index (χ0) is 5.70. The predicted molar refractivity (Wildman–Crippen MR) is 28.6 cm³/mol. The highest BCUT2D eigenvalue weighted by Crippen LogP contribution is 1.76. The summed E-state index contributed by atoms with van der Waals surface area (Å²) in [5.74, 6) is 0. The molecule has 0 saturated carbocycles. The zero-order valence-electron chi connectivity index (χ0n) is 4.00. The Bertz CT molecular complexity index is 58.9. The molecule has 0 aliphatic carbocycles. The van der Waals surface area contributed by atoms with Crippen LogP contribution in [-0.4, -0.2) is 18.9 Å². The molecule has 3 N–H and O–H groups in total. The molecule has 0 fully saturated rings. The van der Waals surface area contributed by atoms with E-state index in [-0.39, 0.29) is 7.69 Å². The third-order valence-corrected chi connectivity index (χ3v) is 0.499. The summed E-state index contributed by atoms with van der Waals surface area (Å²) in [4.78, 5) is 0. The van der Waals surface area contributed by atoms with Gasteiger partial charge < -0.3 is 15.4 Å². The van der Waals surface area contributed by atoms with Crippen molar-refractivity contribution in [1.29, 1.82) is 0 Å². The smallest absolute Gasteiger partial charge is 0.430 e. The normalized spacial score (nSPS) is 12.9. The zero-order valence-corrected chi connectivity index (χ0v) is 4.00. The molecule has 1 unspecified atom stereocenters. The lowest BCUT2D eigenvalue weighted by Gasteiger charge is -2.01. The first-order valence-electron chi connectivity index (χ1n) is 1.92. The maximum atomic E-state index is 8.02. The molecule has 3 nitrogen and oxygen atoms in total. The van der Waals surface area contributed by atoms with Gasteiger partial charge >= 0.3 is 7.69 Å². The van der Waals surface area contributed by atoms with E-state index in [1.165, 1.54) is 6.08 Å². The predicted octanol–water partition coefficient (Wildman–Crippen LogP) is -1.27. The minimum atomic E-state index is -0.537. The average molecular weight is 101 g/mol. The van der Waals surface area contributed by atoms with Gasteiger partial charge in [-0.3, -0.25) is 0 Å². The molecule has 0 aromatic carbocycles. The van der Waals surface area contributed by atoms with Crippen LogP contribution in [-0.2, 0) is 4.65 Å². The van der Waals surface area contributed by atoms with Crippen molar-refractivity contribution in [3.8, 4) is 0 Å². The molecule has 1 atom stereocenters. The lowest BCUT2D eigenvalue weighted by Crippen LogP contribution is -2.22. The van der Waals surface area contributed by atoms with Crippen molar-refractivity contribution in [3.63, 3.8) is 0 Å². The highest BCUT2D eigenvalue weighted by atomic mass is 16.5. The van der Waals surface area contributed by atoms with Crippen molar-refractivity contribution in [2.24, 2.45) is 5.73 Å². The summed E-state index contributed by atoms with van der Waals surface area (Å²) in [5.41, 5.74) is 5.08.